The SMILES string of the molecule is c1ccc(-c2ccc(-c3ccccc3)c(N(c3ccccc3)c3ccc4c5c(c6ccccc6c4c3)-c3c(cc(N(c4ccccc4)c4cc(-c6ccccc6)ccc4-c4ccccc4)c4ccccc34)C53c4ccccc4-c4ccccc43)c2)cc1. The van der Waals surface area contributed by atoms with E-state index in [9.17, 15) is 0 Å². The first-order valence-corrected chi connectivity index (χ1v) is 30.2. The number of hydrogen-bond acceptors (Lipinski definition) is 2. The lowest BCUT2D eigenvalue weighted by molar-refractivity contribution is 0.802. The van der Waals surface area contributed by atoms with Crippen molar-refractivity contribution in [3.05, 3.63) is 362 Å². The Hall–Kier alpha value is -11.3. The summed E-state index contributed by atoms with van der Waals surface area (Å²) in [5.74, 6) is 0. The second kappa shape index (κ2) is 20.5. The van der Waals surface area contributed by atoms with Gasteiger partial charge < -0.3 is 9.80 Å². The lowest BCUT2D eigenvalue weighted by Crippen LogP contribution is -2.26. The summed E-state index contributed by atoms with van der Waals surface area (Å²) >= 11 is 0. The van der Waals surface area contributed by atoms with Crippen LogP contribution < -0.4 is 9.80 Å². The number of nitrogens with zero attached hydrogens (tertiary/aromatic N) is 2. The first-order chi connectivity index (χ1) is 43.2. The summed E-state index contributed by atoms with van der Waals surface area (Å²) in [4.78, 5) is 5.04. The average molecular weight is 1110 g/mol. The minimum absolute atomic E-state index is 0.736. The van der Waals surface area contributed by atoms with E-state index in [1.807, 2.05) is 0 Å². The molecular formula is C85H56N2. The van der Waals surface area contributed by atoms with Crippen LogP contribution >= 0.6 is 0 Å². The van der Waals surface area contributed by atoms with Gasteiger partial charge in [0.15, 0.2) is 0 Å². The zero-order valence-electron chi connectivity index (χ0n) is 47.7. The van der Waals surface area contributed by atoms with Gasteiger partial charge in [0.25, 0.3) is 0 Å². The molecule has 0 heterocycles. The summed E-state index contributed by atoms with van der Waals surface area (Å²) in [6.45, 7) is 0. The molecule has 0 N–H and O–H groups in total. The van der Waals surface area contributed by atoms with Gasteiger partial charge >= 0.3 is 0 Å². The van der Waals surface area contributed by atoms with Gasteiger partial charge in [0.1, 0.15) is 0 Å². The molecule has 2 heteroatoms. The fourth-order valence-corrected chi connectivity index (χ4v) is 14.8. The molecule has 15 aromatic rings. The molecule has 0 bridgehead atoms. The minimum Gasteiger partial charge on any atom is -0.310 e. The molecule has 0 amide bonds. The average Bonchev–Trinajstić information content (AvgIpc) is 1.50. The van der Waals surface area contributed by atoms with E-state index >= 15 is 0 Å². The van der Waals surface area contributed by atoms with E-state index in [1.54, 1.807) is 0 Å². The maximum Gasteiger partial charge on any atom is 0.0732 e. The van der Waals surface area contributed by atoms with Crippen LogP contribution in [0.3, 0.4) is 0 Å². The highest BCUT2D eigenvalue weighted by Gasteiger charge is 2.54. The topological polar surface area (TPSA) is 6.48 Å². The van der Waals surface area contributed by atoms with Crippen LogP contribution in [0.15, 0.2) is 340 Å². The van der Waals surface area contributed by atoms with Crippen molar-refractivity contribution in [2.24, 2.45) is 0 Å². The standard InChI is InChI=1S/C85H56N2/c1-7-27-57(28-8-1)61-47-50-66(59-31-11-3-12-32-59)79(53-61)86(63-35-15-5-16-36-63)65-49-52-74-75(55-65)68-39-19-21-43-72(68)83-82-73-44-22-20-42-71(73)81(56-78(82)85(84(74)83)76-45-25-23-40-69(76)70-41-24-26-46-77(70)85)87(64-37-17-6-18-38-64)80-54-62(58-29-9-2-10-30-58)48-51-67(80)60-33-13-4-14-34-60/h1-56H. The van der Waals surface area contributed by atoms with Crippen LogP contribution in [-0.2, 0) is 5.41 Å². The van der Waals surface area contributed by atoms with Crippen molar-refractivity contribution in [1.29, 1.82) is 0 Å². The Balaban J connectivity index is 0.987. The zero-order chi connectivity index (χ0) is 57.4. The first-order valence-electron chi connectivity index (χ1n) is 30.2. The van der Waals surface area contributed by atoms with Crippen molar-refractivity contribution in [3.63, 3.8) is 0 Å². The summed E-state index contributed by atoms with van der Waals surface area (Å²) < 4.78 is 0. The predicted octanol–water partition coefficient (Wildman–Crippen LogP) is 23.1. The van der Waals surface area contributed by atoms with E-state index in [2.05, 4.69) is 350 Å². The molecule has 2 aliphatic rings. The van der Waals surface area contributed by atoms with Gasteiger partial charge in [-0.2, -0.15) is 0 Å². The Morgan fingerprint density at radius 2 is 0.609 bits per heavy atom. The summed E-state index contributed by atoms with van der Waals surface area (Å²) in [5, 5.41) is 7.29. The zero-order valence-corrected chi connectivity index (χ0v) is 47.7. The molecule has 0 saturated heterocycles. The highest BCUT2D eigenvalue weighted by molar-refractivity contribution is 6.25. The van der Waals surface area contributed by atoms with Gasteiger partial charge in [0.2, 0.25) is 0 Å². The molecule has 1 spiro atoms. The van der Waals surface area contributed by atoms with Gasteiger partial charge in [-0.3, -0.25) is 0 Å². The summed E-state index contributed by atoms with van der Waals surface area (Å²) in [6.07, 6.45) is 0. The molecule has 406 valence electrons. The van der Waals surface area contributed by atoms with Crippen LogP contribution in [0.4, 0.5) is 34.1 Å². The Morgan fingerprint density at radius 1 is 0.195 bits per heavy atom. The van der Waals surface area contributed by atoms with Crippen LogP contribution in [0.5, 0.6) is 0 Å². The van der Waals surface area contributed by atoms with Crippen LogP contribution in [0.25, 0.3) is 99.1 Å². The van der Waals surface area contributed by atoms with E-state index in [1.165, 1.54) is 88.0 Å². The smallest absolute Gasteiger partial charge is 0.0732 e. The van der Waals surface area contributed by atoms with Gasteiger partial charge in [0, 0.05) is 33.6 Å². The highest BCUT2D eigenvalue weighted by Crippen LogP contribution is 2.68. The summed E-state index contributed by atoms with van der Waals surface area (Å²) in [6, 6.07) is 126. The Morgan fingerprint density at radius 3 is 1.14 bits per heavy atom. The quantitative estimate of drug-likeness (QED) is 0.126. The van der Waals surface area contributed by atoms with E-state index in [0.717, 1.165) is 67.5 Å². The highest BCUT2D eigenvalue weighted by atomic mass is 15.2. The van der Waals surface area contributed by atoms with Crippen molar-refractivity contribution in [2.45, 2.75) is 5.41 Å². The summed E-state index contributed by atoms with van der Waals surface area (Å²) in [5.41, 5.74) is 25.4. The molecule has 2 aliphatic carbocycles. The van der Waals surface area contributed by atoms with Crippen molar-refractivity contribution in [1.82, 2.24) is 0 Å². The van der Waals surface area contributed by atoms with Gasteiger partial charge in [0.05, 0.1) is 22.5 Å². The Bertz CT molecular complexity index is 5090. The van der Waals surface area contributed by atoms with Gasteiger partial charge in [-0.05, 0) is 159 Å². The first kappa shape index (κ1) is 50.2. The Kier molecular flexibility index (Phi) is 11.8. The van der Waals surface area contributed by atoms with Gasteiger partial charge in [-0.1, -0.05) is 285 Å². The molecule has 0 fully saturated rings. The molecule has 87 heavy (non-hydrogen) atoms. The third-order valence-corrected chi connectivity index (χ3v) is 18.4. The van der Waals surface area contributed by atoms with Crippen LogP contribution in [0, 0.1) is 0 Å². The summed E-state index contributed by atoms with van der Waals surface area (Å²) in [7, 11) is 0. The molecule has 2 nitrogen and oxygen atoms in total. The number of para-hydroxylation sites is 2. The normalized spacial score (nSPS) is 12.5. The van der Waals surface area contributed by atoms with Crippen molar-refractivity contribution in [3.8, 4) is 66.8 Å². The largest absolute Gasteiger partial charge is 0.310 e. The van der Waals surface area contributed by atoms with E-state index in [0.29, 0.717) is 0 Å². The molecule has 15 aromatic carbocycles. The van der Waals surface area contributed by atoms with Crippen molar-refractivity contribution < 1.29 is 0 Å². The maximum absolute atomic E-state index is 2.60. The lowest BCUT2D eigenvalue weighted by atomic mass is 9.69. The fraction of sp³-hybridized carbons (Fsp3) is 0.0118. The monoisotopic (exact) mass is 1100 g/mol. The molecule has 0 radical (unpaired) electrons. The van der Waals surface area contributed by atoms with E-state index in [4.69, 9.17) is 0 Å². The molecule has 0 saturated carbocycles. The molecule has 17 rings (SSSR count). The fourth-order valence-electron chi connectivity index (χ4n) is 14.8. The Labute approximate surface area is 507 Å². The second-order valence-electron chi connectivity index (χ2n) is 23.0. The maximum atomic E-state index is 2.60. The van der Waals surface area contributed by atoms with E-state index < -0.39 is 5.41 Å². The number of hydrogen-bond donors (Lipinski definition) is 0. The van der Waals surface area contributed by atoms with E-state index in [-0.39, 0.29) is 0 Å². The number of rotatable bonds is 10. The lowest BCUT2D eigenvalue weighted by Gasteiger charge is -2.34. The molecular weight excluding hydrogens is 1050 g/mol. The minimum atomic E-state index is -0.736. The second-order valence-corrected chi connectivity index (χ2v) is 23.0. The number of anilines is 6. The van der Waals surface area contributed by atoms with Crippen LogP contribution in [-0.4, -0.2) is 0 Å². The van der Waals surface area contributed by atoms with Crippen LogP contribution in [0.1, 0.15) is 22.3 Å². The van der Waals surface area contributed by atoms with Gasteiger partial charge in [-0.25, -0.2) is 0 Å². The van der Waals surface area contributed by atoms with Crippen molar-refractivity contribution in [2.75, 3.05) is 9.80 Å². The predicted molar refractivity (Wildman–Crippen MR) is 366 cm³/mol. The number of fused-ring (bicyclic) bond motifs is 17. The molecule has 0 aliphatic heterocycles. The molecule has 0 unspecified atom stereocenters. The van der Waals surface area contributed by atoms with Gasteiger partial charge in [-0.15, -0.1) is 0 Å². The molecule has 0 atom stereocenters. The van der Waals surface area contributed by atoms with Crippen molar-refractivity contribution >= 4 is 66.4 Å². The third-order valence-electron chi connectivity index (χ3n) is 18.4. The van der Waals surface area contributed by atoms with Crippen LogP contribution in [0.2, 0.25) is 0 Å². The molecule has 0 aromatic heterocycles. The third kappa shape index (κ3) is 7.88. The number of benzene rings is 15.